The third kappa shape index (κ3) is 3.00. The van der Waals surface area contributed by atoms with Crippen LogP contribution in [0.5, 0.6) is 0 Å². The van der Waals surface area contributed by atoms with Gasteiger partial charge in [0.1, 0.15) is 16.6 Å². The predicted molar refractivity (Wildman–Crippen MR) is 125 cm³/mol. The molecule has 0 atom stereocenters. The highest BCUT2D eigenvalue weighted by molar-refractivity contribution is 5.83. The standard InChI is InChI=1S/C27H15N3O3/c1-4-10-22-19(7-1)28-25(31-22)16-13-17(26-29-20-8-2-5-11-23(20)32-26)15-18(14-16)27-30-21-9-3-6-12-24(21)33-27/h1-15H. The number of fused-ring (bicyclic) bond motifs is 3. The van der Waals surface area contributed by atoms with E-state index in [2.05, 4.69) is 15.0 Å². The minimum atomic E-state index is 0.506. The van der Waals surface area contributed by atoms with E-state index < -0.39 is 0 Å². The van der Waals surface area contributed by atoms with Crippen LogP contribution in [0.3, 0.4) is 0 Å². The van der Waals surface area contributed by atoms with Crippen molar-refractivity contribution in [3.05, 3.63) is 91.0 Å². The third-order valence-electron chi connectivity index (χ3n) is 5.56. The van der Waals surface area contributed by atoms with Gasteiger partial charge >= 0.3 is 0 Å². The molecule has 0 spiro atoms. The number of hydrogen-bond donors (Lipinski definition) is 0. The van der Waals surface area contributed by atoms with E-state index in [1.54, 1.807) is 0 Å². The third-order valence-corrected chi connectivity index (χ3v) is 5.56. The summed E-state index contributed by atoms with van der Waals surface area (Å²) in [6.45, 7) is 0. The molecule has 0 aliphatic carbocycles. The summed E-state index contributed by atoms with van der Waals surface area (Å²) in [5.74, 6) is 1.52. The molecule has 0 N–H and O–H groups in total. The molecule has 0 saturated heterocycles. The number of para-hydroxylation sites is 6. The quantitative estimate of drug-likeness (QED) is 0.298. The molecule has 6 nitrogen and oxygen atoms in total. The van der Waals surface area contributed by atoms with Crippen molar-refractivity contribution >= 4 is 33.3 Å². The van der Waals surface area contributed by atoms with Gasteiger partial charge in [-0.3, -0.25) is 0 Å². The molecule has 0 unspecified atom stereocenters. The second-order valence-electron chi connectivity index (χ2n) is 7.76. The van der Waals surface area contributed by atoms with Gasteiger partial charge in [-0.1, -0.05) is 36.4 Å². The van der Waals surface area contributed by atoms with E-state index in [-0.39, 0.29) is 0 Å². The van der Waals surface area contributed by atoms with Gasteiger partial charge in [0, 0.05) is 16.7 Å². The van der Waals surface area contributed by atoms with Crippen LogP contribution >= 0.6 is 0 Å². The molecule has 3 aromatic heterocycles. The van der Waals surface area contributed by atoms with Gasteiger partial charge in [-0.15, -0.1) is 0 Å². The van der Waals surface area contributed by atoms with Gasteiger partial charge in [-0.25, -0.2) is 15.0 Å². The van der Waals surface area contributed by atoms with Crippen molar-refractivity contribution in [3.8, 4) is 34.4 Å². The highest BCUT2D eigenvalue weighted by Crippen LogP contribution is 2.35. The monoisotopic (exact) mass is 429 g/mol. The highest BCUT2D eigenvalue weighted by Gasteiger charge is 2.17. The van der Waals surface area contributed by atoms with Gasteiger partial charge in [0.2, 0.25) is 17.7 Å². The predicted octanol–water partition coefficient (Wildman–Crippen LogP) is 7.11. The second kappa shape index (κ2) is 6.90. The summed E-state index contributed by atoms with van der Waals surface area (Å²) < 4.78 is 18.1. The molecule has 0 bridgehead atoms. The van der Waals surface area contributed by atoms with Crippen LogP contribution in [-0.4, -0.2) is 15.0 Å². The molecule has 0 aliphatic rings. The second-order valence-corrected chi connectivity index (χ2v) is 7.76. The lowest BCUT2D eigenvalue weighted by Crippen LogP contribution is -1.86. The lowest BCUT2D eigenvalue weighted by molar-refractivity contribution is 0.615. The Morgan fingerprint density at radius 2 is 0.697 bits per heavy atom. The van der Waals surface area contributed by atoms with Crippen LogP contribution in [0, 0.1) is 0 Å². The van der Waals surface area contributed by atoms with Gasteiger partial charge < -0.3 is 13.3 Å². The normalized spacial score (nSPS) is 11.6. The maximum atomic E-state index is 6.04. The van der Waals surface area contributed by atoms with Crippen molar-refractivity contribution in [1.29, 1.82) is 0 Å². The molecule has 0 aliphatic heterocycles. The zero-order chi connectivity index (χ0) is 21.8. The number of oxazole rings is 3. The first-order valence-electron chi connectivity index (χ1n) is 10.5. The first kappa shape index (κ1) is 17.9. The van der Waals surface area contributed by atoms with Crippen molar-refractivity contribution < 1.29 is 13.3 Å². The Hall–Kier alpha value is -4.71. The summed E-state index contributed by atoms with van der Waals surface area (Å²) >= 11 is 0. The Morgan fingerprint density at radius 3 is 1.00 bits per heavy atom. The molecule has 0 amide bonds. The van der Waals surface area contributed by atoms with Gasteiger partial charge in [-0.05, 0) is 54.6 Å². The molecule has 3 heterocycles. The summed E-state index contributed by atoms with van der Waals surface area (Å²) in [6, 6.07) is 29.0. The molecule has 6 heteroatoms. The van der Waals surface area contributed by atoms with Crippen molar-refractivity contribution in [2.75, 3.05) is 0 Å². The van der Waals surface area contributed by atoms with Gasteiger partial charge in [0.25, 0.3) is 0 Å². The molecule has 0 saturated carbocycles. The summed E-state index contributed by atoms with van der Waals surface area (Å²) in [6.07, 6.45) is 0. The van der Waals surface area contributed by atoms with Crippen LogP contribution in [0.2, 0.25) is 0 Å². The summed E-state index contributed by atoms with van der Waals surface area (Å²) in [5.41, 5.74) is 6.90. The van der Waals surface area contributed by atoms with Crippen molar-refractivity contribution in [3.63, 3.8) is 0 Å². The van der Waals surface area contributed by atoms with Crippen molar-refractivity contribution in [1.82, 2.24) is 15.0 Å². The first-order valence-corrected chi connectivity index (χ1v) is 10.5. The average Bonchev–Trinajstić information content (AvgIpc) is 3.59. The maximum absolute atomic E-state index is 6.04. The molecule has 33 heavy (non-hydrogen) atoms. The Morgan fingerprint density at radius 1 is 0.394 bits per heavy atom. The topological polar surface area (TPSA) is 78.1 Å². The fourth-order valence-corrected chi connectivity index (χ4v) is 3.99. The van der Waals surface area contributed by atoms with Crippen molar-refractivity contribution in [2.45, 2.75) is 0 Å². The molecule has 0 radical (unpaired) electrons. The SMILES string of the molecule is c1ccc2oc(-c3cc(-c4nc5ccccc5o4)cc(-c4nc5ccccc5o4)c3)nc2c1. The van der Waals surface area contributed by atoms with E-state index in [1.807, 2.05) is 91.0 Å². The van der Waals surface area contributed by atoms with E-state index in [1.165, 1.54) is 0 Å². The van der Waals surface area contributed by atoms with E-state index in [0.717, 1.165) is 50.0 Å². The minimum absolute atomic E-state index is 0.506. The fourth-order valence-electron chi connectivity index (χ4n) is 3.99. The van der Waals surface area contributed by atoms with Crippen molar-refractivity contribution in [2.24, 2.45) is 0 Å². The highest BCUT2D eigenvalue weighted by atomic mass is 16.4. The largest absolute Gasteiger partial charge is 0.436 e. The molecule has 7 aromatic rings. The molecular weight excluding hydrogens is 414 g/mol. The van der Waals surface area contributed by atoms with Crippen LogP contribution in [0.25, 0.3) is 67.7 Å². The summed E-state index contributed by atoms with van der Waals surface area (Å²) in [5, 5.41) is 0. The van der Waals surface area contributed by atoms with Gasteiger partial charge in [-0.2, -0.15) is 0 Å². The maximum Gasteiger partial charge on any atom is 0.227 e. The van der Waals surface area contributed by atoms with E-state index in [9.17, 15) is 0 Å². The number of hydrogen-bond acceptors (Lipinski definition) is 6. The fraction of sp³-hybridized carbons (Fsp3) is 0. The van der Waals surface area contributed by atoms with Crippen LogP contribution in [0.15, 0.2) is 104 Å². The Labute approximate surface area is 187 Å². The molecule has 0 fully saturated rings. The Balaban J connectivity index is 1.46. The van der Waals surface area contributed by atoms with Gasteiger partial charge in [0.15, 0.2) is 16.7 Å². The minimum Gasteiger partial charge on any atom is -0.436 e. The first-order chi connectivity index (χ1) is 16.3. The summed E-state index contributed by atoms with van der Waals surface area (Å²) in [7, 11) is 0. The van der Waals surface area contributed by atoms with Gasteiger partial charge in [0.05, 0.1) is 0 Å². The van der Waals surface area contributed by atoms with Crippen LogP contribution in [0.4, 0.5) is 0 Å². The summed E-state index contributed by atoms with van der Waals surface area (Å²) in [4.78, 5) is 14.0. The average molecular weight is 429 g/mol. The zero-order valence-electron chi connectivity index (χ0n) is 17.2. The number of aromatic nitrogens is 3. The zero-order valence-corrected chi connectivity index (χ0v) is 17.2. The lowest BCUT2D eigenvalue weighted by Gasteiger charge is -2.04. The molecular formula is C27H15N3O3. The smallest absolute Gasteiger partial charge is 0.227 e. The van der Waals surface area contributed by atoms with Crippen LogP contribution in [0.1, 0.15) is 0 Å². The Bertz CT molecular complexity index is 1470. The number of rotatable bonds is 3. The molecule has 156 valence electrons. The van der Waals surface area contributed by atoms with Crippen LogP contribution < -0.4 is 0 Å². The molecule has 7 rings (SSSR count). The van der Waals surface area contributed by atoms with Crippen LogP contribution in [-0.2, 0) is 0 Å². The lowest BCUT2D eigenvalue weighted by atomic mass is 10.1. The van der Waals surface area contributed by atoms with E-state index in [4.69, 9.17) is 13.3 Å². The Kier molecular flexibility index (Phi) is 3.75. The van der Waals surface area contributed by atoms with E-state index >= 15 is 0 Å². The number of benzene rings is 4. The van der Waals surface area contributed by atoms with E-state index in [0.29, 0.717) is 17.7 Å². The molecule has 4 aromatic carbocycles. The number of nitrogens with zero attached hydrogens (tertiary/aromatic N) is 3.